The fourth-order valence-corrected chi connectivity index (χ4v) is 3.72. The van der Waals surface area contributed by atoms with Crippen LogP contribution in [0.2, 0.25) is 0 Å². The van der Waals surface area contributed by atoms with Crippen molar-refractivity contribution >= 4 is 41.7 Å². The zero-order valence-electron chi connectivity index (χ0n) is 7.96. The van der Waals surface area contributed by atoms with Gasteiger partial charge in [0.05, 0.1) is 5.75 Å². The van der Waals surface area contributed by atoms with E-state index in [1.165, 1.54) is 0 Å². The molecule has 0 rings (SSSR count). The Morgan fingerprint density at radius 2 is 1.85 bits per heavy atom. The van der Waals surface area contributed by atoms with Crippen molar-refractivity contribution in [2.45, 2.75) is 42.1 Å². The van der Waals surface area contributed by atoms with Crippen LogP contribution in [0.4, 0.5) is 0 Å². The van der Waals surface area contributed by atoms with Gasteiger partial charge in [-0.25, -0.2) is 8.42 Å². The van der Waals surface area contributed by atoms with Gasteiger partial charge in [0, 0.05) is 4.83 Å². The molecular weight excluding hydrogens is 320 g/mol. The standard InChI is InChI=1S/C8H16Br2O2S/c1-3-4-5-8(10)6-13(11,12)7(2)9/h7-8H,3-6H2,1-2H3. The molecule has 2 atom stereocenters. The maximum absolute atomic E-state index is 11.4. The monoisotopic (exact) mass is 334 g/mol. The number of rotatable bonds is 6. The van der Waals surface area contributed by atoms with Crippen LogP contribution in [0.3, 0.4) is 0 Å². The van der Waals surface area contributed by atoms with Crippen LogP contribution in [0.25, 0.3) is 0 Å². The Kier molecular flexibility index (Phi) is 6.85. The van der Waals surface area contributed by atoms with E-state index in [1.54, 1.807) is 6.92 Å². The van der Waals surface area contributed by atoms with E-state index in [1.807, 2.05) is 0 Å². The van der Waals surface area contributed by atoms with E-state index >= 15 is 0 Å². The highest BCUT2D eigenvalue weighted by atomic mass is 79.9. The summed E-state index contributed by atoms with van der Waals surface area (Å²) in [6, 6.07) is 0. The van der Waals surface area contributed by atoms with Crippen molar-refractivity contribution < 1.29 is 8.42 Å². The SMILES string of the molecule is CCCCC(Br)CS(=O)(=O)C(C)Br. The lowest BCUT2D eigenvalue weighted by Gasteiger charge is -2.11. The molecule has 5 heteroatoms. The van der Waals surface area contributed by atoms with Crippen LogP contribution >= 0.6 is 31.9 Å². The predicted octanol–water partition coefficient (Wildman–Crippen LogP) is 3.10. The van der Waals surface area contributed by atoms with Gasteiger partial charge < -0.3 is 0 Å². The lowest BCUT2D eigenvalue weighted by molar-refractivity contribution is 0.590. The molecular formula is C8H16Br2O2S. The number of hydrogen-bond donors (Lipinski definition) is 0. The maximum atomic E-state index is 11.4. The van der Waals surface area contributed by atoms with E-state index in [9.17, 15) is 8.42 Å². The second-order valence-electron chi connectivity index (χ2n) is 3.11. The average Bonchev–Trinajstić information content (AvgIpc) is 1.99. The first kappa shape index (κ1) is 13.9. The Morgan fingerprint density at radius 1 is 1.31 bits per heavy atom. The summed E-state index contributed by atoms with van der Waals surface area (Å²) in [7, 11) is -2.96. The van der Waals surface area contributed by atoms with Crippen molar-refractivity contribution in [1.29, 1.82) is 0 Å². The molecule has 2 nitrogen and oxygen atoms in total. The first-order valence-corrected chi connectivity index (χ1v) is 7.94. The summed E-state index contributed by atoms with van der Waals surface area (Å²) in [6.45, 7) is 3.75. The van der Waals surface area contributed by atoms with Crippen molar-refractivity contribution in [1.82, 2.24) is 0 Å². The van der Waals surface area contributed by atoms with Gasteiger partial charge in [0.25, 0.3) is 0 Å². The second-order valence-corrected chi connectivity index (χ2v) is 8.75. The third-order valence-corrected chi connectivity index (χ3v) is 6.55. The highest BCUT2D eigenvalue weighted by Crippen LogP contribution is 2.17. The molecule has 0 aromatic heterocycles. The summed E-state index contributed by atoms with van der Waals surface area (Å²) in [6.07, 6.45) is 3.10. The van der Waals surface area contributed by atoms with E-state index in [-0.39, 0.29) is 10.6 Å². The van der Waals surface area contributed by atoms with E-state index < -0.39 is 14.0 Å². The van der Waals surface area contributed by atoms with Gasteiger partial charge >= 0.3 is 0 Å². The number of unbranched alkanes of at least 4 members (excludes halogenated alkanes) is 1. The van der Waals surface area contributed by atoms with Gasteiger partial charge in [0.1, 0.15) is 4.16 Å². The van der Waals surface area contributed by atoms with Gasteiger partial charge in [-0.2, -0.15) is 0 Å². The summed E-state index contributed by atoms with van der Waals surface area (Å²) in [5.74, 6) is 0.222. The molecule has 0 aliphatic heterocycles. The fourth-order valence-electron chi connectivity index (χ4n) is 0.894. The number of sulfone groups is 1. The Morgan fingerprint density at radius 3 is 2.23 bits per heavy atom. The first-order chi connectivity index (χ1) is 5.90. The van der Waals surface area contributed by atoms with Crippen molar-refractivity contribution in [3.05, 3.63) is 0 Å². The summed E-state index contributed by atoms with van der Waals surface area (Å²) in [5, 5.41) is 0. The second kappa shape index (κ2) is 6.40. The minimum Gasteiger partial charge on any atom is -0.228 e. The normalized spacial score (nSPS) is 16.9. The van der Waals surface area contributed by atoms with Gasteiger partial charge in [0.15, 0.2) is 9.84 Å². The molecule has 0 saturated carbocycles. The molecule has 0 saturated heterocycles. The minimum atomic E-state index is -2.96. The number of halogens is 2. The van der Waals surface area contributed by atoms with Crippen LogP contribution in [0.5, 0.6) is 0 Å². The molecule has 0 radical (unpaired) electrons. The number of hydrogen-bond acceptors (Lipinski definition) is 2. The van der Waals surface area contributed by atoms with Crippen LogP contribution in [0.15, 0.2) is 0 Å². The third kappa shape index (κ3) is 6.07. The quantitative estimate of drug-likeness (QED) is 0.699. The van der Waals surface area contributed by atoms with Gasteiger partial charge in [-0.1, -0.05) is 51.6 Å². The van der Waals surface area contributed by atoms with Gasteiger partial charge in [-0.3, -0.25) is 0 Å². The van der Waals surface area contributed by atoms with E-state index in [4.69, 9.17) is 0 Å². The molecule has 80 valence electrons. The zero-order valence-corrected chi connectivity index (χ0v) is 12.0. The zero-order chi connectivity index (χ0) is 10.5. The van der Waals surface area contributed by atoms with Crippen molar-refractivity contribution in [3.63, 3.8) is 0 Å². The molecule has 0 aromatic carbocycles. The molecule has 0 spiro atoms. The summed E-state index contributed by atoms with van der Waals surface area (Å²) >= 11 is 6.47. The Balaban J connectivity index is 3.98. The molecule has 0 aliphatic rings. The Hall–Kier alpha value is 0.910. The lowest BCUT2D eigenvalue weighted by atomic mass is 10.2. The van der Waals surface area contributed by atoms with Gasteiger partial charge in [-0.15, -0.1) is 0 Å². The van der Waals surface area contributed by atoms with Crippen molar-refractivity contribution in [2.75, 3.05) is 5.75 Å². The van der Waals surface area contributed by atoms with Crippen molar-refractivity contribution in [3.8, 4) is 0 Å². The van der Waals surface area contributed by atoms with E-state index in [2.05, 4.69) is 38.8 Å². The highest BCUT2D eigenvalue weighted by Gasteiger charge is 2.21. The minimum absolute atomic E-state index is 0.0949. The summed E-state index contributed by atoms with van der Waals surface area (Å²) in [5.41, 5.74) is 0. The van der Waals surface area contributed by atoms with Gasteiger partial charge in [0.2, 0.25) is 0 Å². The summed E-state index contributed by atoms with van der Waals surface area (Å²) in [4.78, 5) is 0.0949. The number of alkyl halides is 2. The molecule has 0 bridgehead atoms. The Labute approximate surface area is 97.7 Å². The van der Waals surface area contributed by atoms with Crippen molar-refractivity contribution in [2.24, 2.45) is 0 Å². The Bertz CT molecular complexity index is 224. The van der Waals surface area contributed by atoms with Crippen LogP contribution in [-0.2, 0) is 9.84 Å². The molecule has 0 amide bonds. The summed E-state index contributed by atoms with van der Waals surface area (Å²) < 4.78 is 22.4. The molecule has 0 aromatic rings. The van der Waals surface area contributed by atoms with Crippen LogP contribution in [0.1, 0.15) is 33.1 Å². The third-order valence-electron chi connectivity index (χ3n) is 1.78. The molecule has 0 fully saturated rings. The van der Waals surface area contributed by atoms with Crippen LogP contribution in [0, 0.1) is 0 Å². The van der Waals surface area contributed by atoms with Crippen LogP contribution < -0.4 is 0 Å². The lowest BCUT2D eigenvalue weighted by Crippen LogP contribution is -2.21. The van der Waals surface area contributed by atoms with E-state index in [0.29, 0.717) is 0 Å². The van der Waals surface area contributed by atoms with E-state index in [0.717, 1.165) is 19.3 Å². The topological polar surface area (TPSA) is 34.1 Å². The molecule has 13 heavy (non-hydrogen) atoms. The molecule has 2 unspecified atom stereocenters. The smallest absolute Gasteiger partial charge is 0.163 e. The molecule has 0 heterocycles. The van der Waals surface area contributed by atoms with Gasteiger partial charge in [-0.05, 0) is 13.3 Å². The average molecular weight is 336 g/mol. The molecule has 0 aliphatic carbocycles. The first-order valence-electron chi connectivity index (χ1n) is 4.40. The largest absolute Gasteiger partial charge is 0.228 e. The fraction of sp³-hybridized carbons (Fsp3) is 1.00. The molecule has 0 N–H and O–H groups in total. The predicted molar refractivity (Wildman–Crippen MR) is 64.4 cm³/mol. The van der Waals surface area contributed by atoms with Crippen LogP contribution in [-0.4, -0.2) is 23.2 Å². The highest BCUT2D eigenvalue weighted by molar-refractivity contribution is 9.11. The maximum Gasteiger partial charge on any atom is 0.163 e.